The lowest BCUT2D eigenvalue weighted by Crippen LogP contribution is -2.60. The van der Waals surface area contributed by atoms with Gasteiger partial charge in [-0.05, 0) is 44.6 Å². The number of methoxy groups -OCH3 is 1. The Bertz CT molecular complexity index is 539. The monoisotopic (exact) mass is 369 g/mol. The standard InChI is InChI=1S/C18H31N3O5/c1-13-16(23)21(10-9-20(13)17(24)25)14(12-26-2)3-7-19-8-6-18(4-5-18)15(22)11-19/h13-15,22H,3-12H2,1-2H3,(H,24,25)/t13?,14-,15?/m0/s1. The van der Waals surface area contributed by atoms with Crippen LogP contribution in [0.3, 0.4) is 0 Å². The number of hydrogen-bond donors (Lipinski definition) is 2. The van der Waals surface area contributed by atoms with Crippen LogP contribution in [0.2, 0.25) is 0 Å². The highest BCUT2D eigenvalue weighted by molar-refractivity contribution is 5.86. The molecule has 2 N–H and O–H groups in total. The molecule has 1 spiro atoms. The van der Waals surface area contributed by atoms with Crippen LogP contribution in [0.4, 0.5) is 4.79 Å². The fraction of sp³-hybridized carbons (Fsp3) is 0.889. The van der Waals surface area contributed by atoms with E-state index in [2.05, 4.69) is 4.90 Å². The Morgan fingerprint density at radius 1 is 1.31 bits per heavy atom. The third-order valence-electron chi connectivity index (χ3n) is 6.47. The summed E-state index contributed by atoms with van der Waals surface area (Å²) >= 11 is 0. The highest BCUT2D eigenvalue weighted by atomic mass is 16.5. The van der Waals surface area contributed by atoms with Gasteiger partial charge in [-0.1, -0.05) is 0 Å². The first-order valence-electron chi connectivity index (χ1n) is 9.57. The molecule has 2 unspecified atom stereocenters. The van der Waals surface area contributed by atoms with Crippen LogP contribution in [-0.2, 0) is 9.53 Å². The van der Waals surface area contributed by atoms with Gasteiger partial charge in [-0.3, -0.25) is 9.69 Å². The fourth-order valence-electron chi connectivity index (χ4n) is 4.39. The van der Waals surface area contributed by atoms with Gasteiger partial charge in [0, 0.05) is 33.3 Å². The molecule has 3 rings (SSSR count). The minimum atomic E-state index is -1.05. The zero-order valence-corrected chi connectivity index (χ0v) is 15.8. The van der Waals surface area contributed by atoms with Crippen molar-refractivity contribution in [3.63, 3.8) is 0 Å². The highest BCUT2D eigenvalue weighted by Crippen LogP contribution is 2.53. The highest BCUT2D eigenvalue weighted by Gasteiger charge is 2.51. The average molecular weight is 369 g/mol. The first kappa shape index (κ1) is 19.4. The van der Waals surface area contributed by atoms with Gasteiger partial charge in [0.1, 0.15) is 6.04 Å². The average Bonchev–Trinajstić information content (AvgIpc) is 3.38. The Balaban J connectivity index is 1.55. The van der Waals surface area contributed by atoms with Crippen LogP contribution in [0.1, 0.15) is 32.6 Å². The van der Waals surface area contributed by atoms with Crippen LogP contribution in [0, 0.1) is 5.41 Å². The van der Waals surface area contributed by atoms with Gasteiger partial charge in [0.2, 0.25) is 5.91 Å². The molecule has 1 aliphatic carbocycles. The zero-order chi connectivity index (χ0) is 18.9. The molecule has 0 aromatic heterocycles. The number of nitrogens with zero attached hydrogens (tertiary/aromatic N) is 3. The van der Waals surface area contributed by atoms with Gasteiger partial charge >= 0.3 is 6.09 Å². The summed E-state index contributed by atoms with van der Waals surface area (Å²) in [4.78, 5) is 29.1. The fourth-order valence-corrected chi connectivity index (χ4v) is 4.39. The quantitative estimate of drug-likeness (QED) is 0.706. The van der Waals surface area contributed by atoms with Gasteiger partial charge in [0.25, 0.3) is 0 Å². The van der Waals surface area contributed by atoms with Crippen molar-refractivity contribution in [2.24, 2.45) is 5.41 Å². The third-order valence-corrected chi connectivity index (χ3v) is 6.47. The molecule has 0 aromatic rings. The molecule has 3 aliphatic rings. The molecule has 8 nitrogen and oxygen atoms in total. The number of piperidine rings is 1. The maximum absolute atomic E-state index is 12.7. The topological polar surface area (TPSA) is 93.6 Å². The van der Waals surface area contributed by atoms with Crippen molar-refractivity contribution in [3.8, 4) is 0 Å². The molecular weight excluding hydrogens is 338 g/mol. The number of rotatable bonds is 6. The van der Waals surface area contributed by atoms with E-state index in [4.69, 9.17) is 4.74 Å². The first-order chi connectivity index (χ1) is 12.4. The molecule has 0 aromatic carbocycles. The lowest BCUT2D eigenvalue weighted by atomic mass is 9.90. The number of carboxylic acid groups (broad SMARTS) is 1. The zero-order valence-electron chi connectivity index (χ0n) is 15.8. The van der Waals surface area contributed by atoms with Gasteiger partial charge in [0.15, 0.2) is 0 Å². The predicted octanol–water partition coefficient (Wildman–Crippen LogP) is 0.449. The van der Waals surface area contributed by atoms with E-state index in [1.54, 1.807) is 18.9 Å². The number of amides is 2. The van der Waals surface area contributed by atoms with Crippen molar-refractivity contribution in [2.75, 3.05) is 46.4 Å². The van der Waals surface area contributed by atoms with Crippen LogP contribution in [0.15, 0.2) is 0 Å². The van der Waals surface area contributed by atoms with Crippen LogP contribution in [0.25, 0.3) is 0 Å². The molecule has 148 valence electrons. The van der Waals surface area contributed by atoms with Crippen LogP contribution in [0.5, 0.6) is 0 Å². The summed E-state index contributed by atoms with van der Waals surface area (Å²) in [7, 11) is 1.62. The predicted molar refractivity (Wildman–Crippen MR) is 94.9 cm³/mol. The lowest BCUT2D eigenvalue weighted by Gasteiger charge is -2.42. The summed E-state index contributed by atoms with van der Waals surface area (Å²) in [6.07, 6.45) is 2.82. The molecule has 1 saturated carbocycles. The van der Waals surface area contributed by atoms with Crippen molar-refractivity contribution >= 4 is 12.0 Å². The molecule has 26 heavy (non-hydrogen) atoms. The van der Waals surface area contributed by atoms with E-state index in [1.807, 2.05) is 0 Å². The molecule has 2 amide bonds. The maximum Gasteiger partial charge on any atom is 0.408 e. The van der Waals surface area contributed by atoms with Gasteiger partial charge in [-0.25, -0.2) is 4.79 Å². The number of carbonyl (C=O) groups excluding carboxylic acids is 1. The molecule has 3 fully saturated rings. The van der Waals surface area contributed by atoms with Crippen LogP contribution >= 0.6 is 0 Å². The SMILES string of the molecule is COC[C@H](CCN1CCC2(CC2)C(O)C1)N1CCN(C(=O)O)C(C)C1=O. The smallest absolute Gasteiger partial charge is 0.408 e. The Labute approximate surface area is 154 Å². The van der Waals surface area contributed by atoms with E-state index in [1.165, 1.54) is 4.90 Å². The number of piperazine rings is 1. The molecule has 8 heteroatoms. The Morgan fingerprint density at radius 2 is 2.04 bits per heavy atom. The number of aliphatic hydroxyl groups is 1. The molecule has 2 aliphatic heterocycles. The molecule has 0 bridgehead atoms. The molecule has 2 heterocycles. The molecular formula is C18H31N3O5. The number of ether oxygens (including phenoxy) is 1. The lowest BCUT2D eigenvalue weighted by molar-refractivity contribution is -0.144. The summed E-state index contributed by atoms with van der Waals surface area (Å²) in [5, 5.41) is 19.6. The third kappa shape index (κ3) is 3.82. The largest absolute Gasteiger partial charge is 0.465 e. The number of aliphatic hydroxyl groups excluding tert-OH is 1. The van der Waals surface area contributed by atoms with Crippen LogP contribution in [-0.4, -0.2) is 102 Å². The minimum Gasteiger partial charge on any atom is -0.465 e. The maximum atomic E-state index is 12.7. The van der Waals surface area contributed by atoms with Gasteiger partial charge in [-0.2, -0.15) is 0 Å². The number of carbonyl (C=O) groups is 2. The summed E-state index contributed by atoms with van der Waals surface area (Å²) in [5.74, 6) is -0.156. The van der Waals surface area contributed by atoms with E-state index in [0.717, 1.165) is 38.8 Å². The van der Waals surface area contributed by atoms with E-state index < -0.39 is 12.1 Å². The van der Waals surface area contributed by atoms with Crippen molar-refractivity contribution in [2.45, 2.75) is 50.8 Å². The second kappa shape index (κ2) is 7.70. The first-order valence-corrected chi connectivity index (χ1v) is 9.57. The molecule has 3 atom stereocenters. The number of β-amino-alcohol motifs (C(OH)–C–C–N with tert-alkyl or cyclic N) is 1. The van der Waals surface area contributed by atoms with E-state index in [9.17, 15) is 19.8 Å². The second-order valence-corrected chi connectivity index (χ2v) is 8.01. The van der Waals surface area contributed by atoms with Crippen molar-refractivity contribution in [1.82, 2.24) is 14.7 Å². The van der Waals surface area contributed by atoms with Crippen molar-refractivity contribution in [1.29, 1.82) is 0 Å². The van der Waals surface area contributed by atoms with Gasteiger partial charge in [0.05, 0.1) is 18.8 Å². The van der Waals surface area contributed by atoms with Crippen molar-refractivity contribution in [3.05, 3.63) is 0 Å². The Kier molecular flexibility index (Phi) is 5.74. The number of likely N-dealkylation sites (tertiary alicyclic amines) is 1. The van der Waals surface area contributed by atoms with E-state index in [0.29, 0.717) is 26.2 Å². The number of hydrogen-bond acceptors (Lipinski definition) is 5. The van der Waals surface area contributed by atoms with Crippen molar-refractivity contribution < 1.29 is 24.5 Å². The normalized spacial score (nSPS) is 29.9. The van der Waals surface area contributed by atoms with E-state index >= 15 is 0 Å². The summed E-state index contributed by atoms with van der Waals surface area (Å²) < 4.78 is 5.33. The van der Waals surface area contributed by atoms with Gasteiger partial charge < -0.3 is 24.7 Å². The summed E-state index contributed by atoms with van der Waals surface area (Å²) in [6.45, 7) is 5.31. The minimum absolute atomic E-state index is 0.0696. The summed E-state index contributed by atoms with van der Waals surface area (Å²) in [5.41, 5.74) is 0.195. The summed E-state index contributed by atoms with van der Waals surface area (Å²) in [6, 6.07) is -0.730. The Morgan fingerprint density at radius 3 is 2.62 bits per heavy atom. The molecule has 0 radical (unpaired) electrons. The molecule has 2 saturated heterocycles. The second-order valence-electron chi connectivity index (χ2n) is 8.01. The Hall–Kier alpha value is -1.38. The van der Waals surface area contributed by atoms with E-state index in [-0.39, 0.29) is 23.5 Å². The van der Waals surface area contributed by atoms with Gasteiger partial charge in [-0.15, -0.1) is 0 Å². The van der Waals surface area contributed by atoms with Crippen LogP contribution < -0.4 is 0 Å².